The summed E-state index contributed by atoms with van der Waals surface area (Å²) in [6.45, 7) is 6.19. The number of likely N-dealkylation sites (N-methyl/N-ethyl adjacent to an activating group) is 1. The van der Waals surface area contributed by atoms with E-state index < -0.39 is 12.6 Å². The van der Waals surface area contributed by atoms with Crippen LogP contribution in [0.25, 0.3) is 0 Å². The quantitative estimate of drug-likeness (QED) is 0.652. The predicted octanol–water partition coefficient (Wildman–Crippen LogP) is 4.18. The van der Waals surface area contributed by atoms with E-state index in [2.05, 4.69) is 5.32 Å². The van der Waals surface area contributed by atoms with Crippen molar-refractivity contribution in [2.75, 3.05) is 45.7 Å². The van der Waals surface area contributed by atoms with Crippen LogP contribution in [0.2, 0.25) is 0 Å². The first-order valence-corrected chi connectivity index (χ1v) is 11.6. The van der Waals surface area contributed by atoms with Gasteiger partial charge < -0.3 is 19.7 Å². The van der Waals surface area contributed by atoms with Crippen LogP contribution >= 0.6 is 0 Å². The van der Waals surface area contributed by atoms with E-state index in [1.165, 1.54) is 12.0 Å². The molecule has 0 radical (unpaired) electrons. The number of carbonyl (C=O) groups is 2. The number of nitrogens with one attached hydrogen (secondary N) is 1. The summed E-state index contributed by atoms with van der Waals surface area (Å²) in [5.41, 5.74) is 0.750. The molecule has 1 N–H and O–H groups in total. The Morgan fingerprint density at radius 3 is 2.59 bits per heavy atom. The largest absolute Gasteiger partial charge is 0.491 e. The van der Waals surface area contributed by atoms with Gasteiger partial charge in [-0.15, -0.1) is 0 Å². The molecule has 1 aliphatic rings. The van der Waals surface area contributed by atoms with Crippen LogP contribution in [-0.2, 0) is 9.53 Å². The van der Waals surface area contributed by atoms with Crippen molar-refractivity contribution < 1.29 is 32.2 Å². The lowest BCUT2D eigenvalue weighted by atomic mass is 10.0. The number of rotatable bonds is 6. The molecule has 0 saturated carbocycles. The van der Waals surface area contributed by atoms with Crippen LogP contribution < -0.4 is 10.1 Å². The first-order valence-electron chi connectivity index (χ1n) is 11.6. The molecule has 1 aliphatic heterocycles. The van der Waals surface area contributed by atoms with Crippen molar-refractivity contribution in [2.24, 2.45) is 5.92 Å². The summed E-state index contributed by atoms with van der Waals surface area (Å²) in [4.78, 5) is 28.6. The smallest absolute Gasteiger partial charge is 0.390 e. The Morgan fingerprint density at radius 2 is 1.97 bits per heavy atom. The first-order chi connectivity index (χ1) is 15.9. The highest BCUT2D eigenvalue weighted by Crippen LogP contribution is 2.27. The molecule has 0 bridgehead atoms. The lowest BCUT2D eigenvalue weighted by Gasteiger charge is -2.36. The average molecular weight is 488 g/mol. The van der Waals surface area contributed by atoms with Crippen LogP contribution in [0, 0.1) is 5.92 Å². The second kappa shape index (κ2) is 12.4. The number of alkyl halides is 3. The Bertz CT molecular complexity index is 834. The molecule has 34 heavy (non-hydrogen) atoms. The van der Waals surface area contributed by atoms with Gasteiger partial charge in [0.1, 0.15) is 12.4 Å². The molecule has 0 aliphatic carbocycles. The number of carbonyl (C=O) groups excluding carboxylic acids is 2. The van der Waals surface area contributed by atoms with Crippen LogP contribution in [0.3, 0.4) is 0 Å². The van der Waals surface area contributed by atoms with Gasteiger partial charge in [0.2, 0.25) is 5.91 Å². The van der Waals surface area contributed by atoms with Crippen LogP contribution in [0.4, 0.5) is 18.9 Å². The second-order valence-electron chi connectivity index (χ2n) is 8.97. The minimum absolute atomic E-state index is 0.105. The Balaban J connectivity index is 2.37. The zero-order valence-electron chi connectivity index (χ0n) is 20.6. The Hall–Kier alpha value is -2.33. The molecule has 1 aromatic carbocycles. The monoisotopic (exact) mass is 487 g/mol. The van der Waals surface area contributed by atoms with E-state index in [1.807, 2.05) is 20.8 Å². The number of nitrogens with zero attached hydrogens (tertiary/aromatic N) is 2. The van der Waals surface area contributed by atoms with Crippen molar-refractivity contribution in [3.8, 4) is 5.75 Å². The summed E-state index contributed by atoms with van der Waals surface area (Å²) >= 11 is 0. The van der Waals surface area contributed by atoms with E-state index in [9.17, 15) is 22.8 Å². The van der Waals surface area contributed by atoms with E-state index in [4.69, 9.17) is 9.47 Å². The Kier molecular flexibility index (Phi) is 10.2. The van der Waals surface area contributed by atoms with Gasteiger partial charge in [-0.3, -0.25) is 14.5 Å². The SMILES string of the molecule is CCCC(=O)Nc1ccc2c(c1)C(=O)N(C)C[C@@H](OC)[C@@H](C)CN(CCC(F)(F)F)[C@@H](C)CO2. The van der Waals surface area contributed by atoms with Gasteiger partial charge >= 0.3 is 6.18 Å². The highest BCUT2D eigenvalue weighted by molar-refractivity contribution is 5.99. The number of hydrogen-bond donors (Lipinski definition) is 1. The molecule has 1 heterocycles. The molecular weight excluding hydrogens is 451 g/mol. The van der Waals surface area contributed by atoms with Crippen molar-refractivity contribution in [3.63, 3.8) is 0 Å². The fraction of sp³-hybridized carbons (Fsp3) is 0.667. The highest BCUT2D eigenvalue weighted by atomic mass is 19.4. The first kappa shape index (κ1) is 27.9. The minimum Gasteiger partial charge on any atom is -0.491 e. The van der Waals surface area contributed by atoms with Crippen LogP contribution in [0.5, 0.6) is 5.75 Å². The predicted molar refractivity (Wildman–Crippen MR) is 124 cm³/mol. The Morgan fingerprint density at radius 1 is 1.26 bits per heavy atom. The van der Waals surface area contributed by atoms with Crippen molar-refractivity contribution in [1.29, 1.82) is 0 Å². The number of anilines is 1. The zero-order valence-corrected chi connectivity index (χ0v) is 20.6. The molecule has 2 amide bonds. The van der Waals surface area contributed by atoms with Crippen LogP contribution in [-0.4, -0.2) is 80.3 Å². The molecule has 0 fully saturated rings. The molecule has 0 aromatic heterocycles. The summed E-state index contributed by atoms with van der Waals surface area (Å²) in [5, 5.41) is 2.78. The van der Waals surface area contributed by atoms with Gasteiger partial charge in [0.25, 0.3) is 5.91 Å². The fourth-order valence-electron chi connectivity index (χ4n) is 3.96. The summed E-state index contributed by atoms with van der Waals surface area (Å²) in [7, 11) is 3.18. The molecule has 1 aromatic rings. The number of methoxy groups -OCH3 is 1. The summed E-state index contributed by atoms with van der Waals surface area (Å²) in [6.07, 6.45) is -4.49. The summed E-state index contributed by atoms with van der Waals surface area (Å²) < 4.78 is 50.4. The molecule has 3 atom stereocenters. The van der Waals surface area contributed by atoms with Gasteiger partial charge in [-0.2, -0.15) is 13.2 Å². The van der Waals surface area contributed by atoms with E-state index in [-0.39, 0.29) is 55.1 Å². The van der Waals surface area contributed by atoms with Crippen molar-refractivity contribution in [3.05, 3.63) is 23.8 Å². The average Bonchev–Trinajstić information content (AvgIpc) is 2.77. The van der Waals surface area contributed by atoms with Gasteiger partial charge in [0.15, 0.2) is 0 Å². The van der Waals surface area contributed by atoms with Crippen LogP contribution in [0.15, 0.2) is 18.2 Å². The van der Waals surface area contributed by atoms with Gasteiger partial charge in [-0.25, -0.2) is 0 Å². The molecule has 0 saturated heterocycles. The number of hydrogen-bond acceptors (Lipinski definition) is 5. The van der Waals surface area contributed by atoms with Crippen molar-refractivity contribution in [1.82, 2.24) is 9.80 Å². The molecule has 0 unspecified atom stereocenters. The topological polar surface area (TPSA) is 71.1 Å². The van der Waals surface area contributed by atoms with Crippen molar-refractivity contribution in [2.45, 2.75) is 58.4 Å². The van der Waals surface area contributed by atoms with Crippen molar-refractivity contribution >= 4 is 17.5 Å². The third kappa shape index (κ3) is 8.16. The molecule has 0 spiro atoms. The molecule has 2 rings (SSSR count). The van der Waals surface area contributed by atoms with Gasteiger partial charge in [-0.1, -0.05) is 13.8 Å². The third-order valence-electron chi connectivity index (χ3n) is 6.02. The molecular formula is C24H36F3N3O4. The Labute approximate surface area is 199 Å². The molecule has 192 valence electrons. The van der Waals surface area contributed by atoms with Crippen LogP contribution in [0.1, 0.15) is 50.4 Å². The maximum absolute atomic E-state index is 13.3. The highest BCUT2D eigenvalue weighted by Gasteiger charge is 2.32. The maximum atomic E-state index is 13.3. The van der Waals surface area contributed by atoms with E-state index in [0.717, 1.165) is 0 Å². The maximum Gasteiger partial charge on any atom is 0.390 e. The third-order valence-corrected chi connectivity index (χ3v) is 6.02. The zero-order chi connectivity index (χ0) is 25.5. The van der Waals surface area contributed by atoms with E-state index in [1.54, 1.807) is 30.1 Å². The number of fused-ring (bicyclic) bond motifs is 1. The number of benzene rings is 1. The lowest BCUT2D eigenvalue weighted by molar-refractivity contribution is -0.140. The van der Waals surface area contributed by atoms with Gasteiger partial charge in [-0.05, 0) is 37.5 Å². The molecule has 7 nitrogen and oxygen atoms in total. The number of amides is 2. The molecule has 10 heteroatoms. The summed E-state index contributed by atoms with van der Waals surface area (Å²) in [5.74, 6) is -0.262. The van der Waals surface area contributed by atoms with Gasteiger partial charge in [0.05, 0.1) is 18.1 Å². The van der Waals surface area contributed by atoms with Gasteiger partial charge in [0, 0.05) is 51.9 Å². The normalized spacial score (nSPS) is 22.9. The standard InChI is InChI=1S/C24H36F3N3O4/c1-6-7-22(31)28-18-8-9-20-19(12-18)23(32)29(4)14-21(33-5)16(2)13-30(17(3)15-34-20)11-10-24(25,26)27/h8-9,12,16-17,21H,6-7,10-11,13-15H2,1-5H3,(H,28,31)/t16-,17-,21+/m0/s1. The number of ether oxygens (including phenoxy) is 2. The fourth-order valence-corrected chi connectivity index (χ4v) is 3.96. The minimum atomic E-state index is -4.26. The number of halogens is 3. The summed E-state index contributed by atoms with van der Waals surface area (Å²) in [6, 6.07) is 4.51. The second-order valence-corrected chi connectivity index (χ2v) is 8.97. The van der Waals surface area contributed by atoms with E-state index in [0.29, 0.717) is 30.8 Å². The lowest BCUT2D eigenvalue weighted by Crippen LogP contribution is -2.47. The van der Waals surface area contributed by atoms with E-state index >= 15 is 0 Å².